The number of hydrogen-bond acceptors (Lipinski definition) is 3. The Hall–Kier alpha value is -2.59. The zero-order valence-electron chi connectivity index (χ0n) is 9.32. The highest BCUT2D eigenvalue weighted by Gasteiger charge is 2.04. The van der Waals surface area contributed by atoms with Crippen LogP contribution in [0, 0.1) is 5.82 Å². The summed E-state index contributed by atoms with van der Waals surface area (Å²) in [5, 5.41) is 3.30. The summed E-state index contributed by atoms with van der Waals surface area (Å²) in [6, 6.07) is 7.62. The number of hydrogen-bond donors (Lipinski definition) is 0. The molecule has 0 atom stereocenters. The maximum atomic E-state index is 13.6. The Morgan fingerprint density at radius 3 is 2.72 bits per heavy atom. The number of halogens is 1. The molecule has 6 heteroatoms. The molecule has 0 spiro atoms. The van der Waals surface area contributed by atoms with Crippen LogP contribution in [0.5, 0.6) is 5.75 Å². The lowest BCUT2D eigenvalue weighted by Crippen LogP contribution is -1.97. The van der Waals surface area contributed by atoms with Crippen LogP contribution in [0.4, 0.5) is 10.1 Å². The van der Waals surface area contributed by atoms with Gasteiger partial charge in [-0.15, -0.1) is 0 Å². The molecule has 0 N–H and O–H groups in total. The van der Waals surface area contributed by atoms with Crippen LogP contribution in [0.25, 0.3) is 10.4 Å². The van der Waals surface area contributed by atoms with E-state index in [0.29, 0.717) is 0 Å². The zero-order valence-corrected chi connectivity index (χ0v) is 9.32. The van der Waals surface area contributed by atoms with Crippen LogP contribution in [0.3, 0.4) is 0 Å². The van der Waals surface area contributed by atoms with Crippen molar-refractivity contribution in [2.24, 2.45) is 5.11 Å². The second-order valence-corrected chi connectivity index (χ2v) is 3.45. The van der Waals surface area contributed by atoms with E-state index in [1.54, 1.807) is 24.5 Å². The van der Waals surface area contributed by atoms with Crippen molar-refractivity contribution in [1.82, 2.24) is 4.98 Å². The second kappa shape index (κ2) is 5.65. The van der Waals surface area contributed by atoms with Gasteiger partial charge in [-0.05, 0) is 41.4 Å². The second-order valence-electron chi connectivity index (χ2n) is 3.45. The van der Waals surface area contributed by atoms with Crippen LogP contribution < -0.4 is 4.74 Å². The van der Waals surface area contributed by atoms with Gasteiger partial charge in [0, 0.05) is 23.0 Å². The summed E-state index contributed by atoms with van der Waals surface area (Å²) in [6.07, 6.45) is 3.28. The molecule has 0 amide bonds. The minimum atomic E-state index is -0.561. The average Bonchev–Trinajstić information content (AvgIpc) is 2.39. The first kappa shape index (κ1) is 11.9. The third-order valence-corrected chi connectivity index (χ3v) is 2.22. The monoisotopic (exact) mass is 244 g/mol. The van der Waals surface area contributed by atoms with E-state index in [0.717, 1.165) is 11.6 Å². The van der Waals surface area contributed by atoms with Gasteiger partial charge in [0.2, 0.25) is 0 Å². The Labute approximate surface area is 102 Å². The maximum Gasteiger partial charge on any atom is 0.165 e. The number of aromatic nitrogens is 1. The summed E-state index contributed by atoms with van der Waals surface area (Å²) >= 11 is 0. The molecular formula is C12H9FN4O. The summed E-state index contributed by atoms with van der Waals surface area (Å²) < 4.78 is 18.9. The lowest BCUT2D eigenvalue weighted by molar-refractivity contribution is 0.290. The molecule has 5 nitrogen and oxygen atoms in total. The average molecular weight is 244 g/mol. The van der Waals surface area contributed by atoms with E-state index in [1.807, 2.05) is 0 Å². The first-order valence-electron chi connectivity index (χ1n) is 5.16. The topological polar surface area (TPSA) is 70.9 Å². The quantitative estimate of drug-likeness (QED) is 0.467. The van der Waals surface area contributed by atoms with Crippen LogP contribution in [0.1, 0.15) is 5.56 Å². The lowest BCUT2D eigenvalue weighted by Gasteiger charge is -2.07. The molecule has 0 aliphatic carbocycles. The van der Waals surface area contributed by atoms with Crippen LogP contribution >= 0.6 is 0 Å². The molecule has 18 heavy (non-hydrogen) atoms. The fraction of sp³-hybridized carbons (Fsp3) is 0.0833. The van der Waals surface area contributed by atoms with E-state index in [4.69, 9.17) is 10.3 Å². The Morgan fingerprint density at radius 1 is 1.28 bits per heavy atom. The highest BCUT2D eigenvalue weighted by atomic mass is 19.1. The van der Waals surface area contributed by atoms with Crippen molar-refractivity contribution in [2.75, 3.05) is 0 Å². The van der Waals surface area contributed by atoms with Crippen LogP contribution in [0.2, 0.25) is 0 Å². The van der Waals surface area contributed by atoms with Gasteiger partial charge >= 0.3 is 0 Å². The highest BCUT2D eigenvalue weighted by Crippen LogP contribution is 2.23. The molecular weight excluding hydrogens is 235 g/mol. The largest absolute Gasteiger partial charge is 0.486 e. The molecule has 0 saturated carbocycles. The van der Waals surface area contributed by atoms with Crippen LogP contribution in [0.15, 0.2) is 47.8 Å². The van der Waals surface area contributed by atoms with Gasteiger partial charge in [-0.2, -0.15) is 0 Å². The van der Waals surface area contributed by atoms with Gasteiger partial charge < -0.3 is 4.74 Å². The first-order chi connectivity index (χ1) is 8.79. The van der Waals surface area contributed by atoms with Crippen molar-refractivity contribution in [2.45, 2.75) is 6.61 Å². The summed E-state index contributed by atoms with van der Waals surface area (Å²) in [5.41, 5.74) is 9.34. The summed E-state index contributed by atoms with van der Waals surface area (Å²) in [5.74, 6) is -0.447. The van der Waals surface area contributed by atoms with Crippen LogP contribution in [-0.2, 0) is 6.61 Å². The number of rotatable bonds is 4. The minimum Gasteiger partial charge on any atom is -0.486 e. The minimum absolute atomic E-state index is 0.115. The van der Waals surface area contributed by atoms with Gasteiger partial charge in [-0.25, -0.2) is 4.39 Å². The lowest BCUT2D eigenvalue weighted by atomic mass is 10.3. The molecule has 2 aromatic rings. The van der Waals surface area contributed by atoms with E-state index in [2.05, 4.69) is 15.0 Å². The Kier molecular flexibility index (Phi) is 3.73. The zero-order chi connectivity index (χ0) is 12.8. The SMILES string of the molecule is [N-]=[N+]=Nc1ccc(OCc2ccncc2)c(F)c1. The van der Waals surface area contributed by atoms with E-state index in [9.17, 15) is 4.39 Å². The fourth-order valence-corrected chi connectivity index (χ4v) is 1.36. The Bertz CT molecular complexity index is 582. The normalized spacial score (nSPS) is 9.61. The van der Waals surface area contributed by atoms with Crippen LogP contribution in [-0.4, -0.2) is 4.98 Å². The molecule has 0 aliphatic heterocycles. The maximum absolute atomic E-state index is 13.6. The predicted molar refractivity (Wildman–Crippen MR) is 63.8 cm³/mol. The molecule has 0 radical (unpaired) electrons. The Morgan fingerprint density at radius 2 is 2.06 bits per heavy atom. The van der Waals surface area contributed by atoms with Gasteiger partial charge in [0.05, 0.1) is 0 Å². The van der Waals surface area contributed by atoms with Gasteiger partial charge in [-0.3, -0.25) is 4.98 Å². The Balaban J connectivity index is 2.08. The summed E-state index contributed by atoms with van der Waals surface area (Å²) in [7, 11) is 0. The molecule has 0 aliphatic rings. The third kappa shape index (κ3) is 2.96. The van der Waals surface area contributed by atoms with E-state index >= 15 is 0 Å². The highest BCUT2D eigenvalue weighted by molar-refractivity contribution is 5.42. The molecule has 1 heterocycles. The number of azide groups is 1. The van der Waals surface area contributed by atoms with Crippen molar-refractivity contribution in [1.29, 1.82) is 0 Å². The smallest absolute Gasteiger partial charge is 0.165 e. The number of benzene rings is 1. The predicted octanol–water partition coefficient (Wildman–Crippen LogP) is 3.74. The van der Waals surface area contributed by atoms with Crippen molar-refractivity contribution in [3.8, 4) is 5.75 Å². The van der Waals surface area contributed by atoms with Crippen molar-refractivity contribution in [3.05, 3.63) is 64.5 Å². The van der Waals surface area contributed by atoms with Gasteiger partial charge in [0.15, 0.2) is 11.6 Å². The molecule has 0 unspecified atom stereocenters. The summed E-state index contributed by atoms with van der Waals surface area (Å²) in [6.45, 7) is 0.250. The van der Waals surface area contributed by atoms with Gasteiger partial charge in [0.25, 0.3) is 0 Å². The molecule has 0 bridgehead atoms. The third-order valence-electron chi connectivity index (χ3n) is 2.22. The molecule has 0 saturated heterocycles. The van der Waals surface area contributed by atoms with Gasteiger partial charge in [0.1, 0.15) is 6.61 Å². The van der Waals surface area contributed by atoms with E-state index in [1.165, 1.54) is 12.1 Å². The molecule has 90 valence electrons. The first-order valence-corrected chi connectivity index (χ1v) is 5.16. The number of pyridine rings is 1. The van der Waals surface area contributed by atoms with Crippen molar-refractivity contribution < 1.29 is 9.13 Å². The van der Waals surface area contributed by atoms with E-state index in [-0.39, 0.29) is 18.0 Å². The van der Waals surface area contributed by atoms with Crippen molar-refractivity contribution >= 4 is 5.69 Å². The summed E-state index contributed by atoms with van der Waals surface area (Å²) in [4.78, 5) is 6.45. The number of ether oxygens (including phenoxy) is 1. The van der Waals surface area contributed by atoms with E-state index < -0.39 is 5.82 Å². The molecule has 1 aromatic carbocycles. The van der Waals surface area contributed by atoms with Crippen molar-refractivity contribution in [3.63, 3.8) is 0 Å². The molecule has 0 fully saturated rings. The molecule has 1 aromatic heterocycles. The fourth-order valence-electron chi connectivity index (χ4n) is 1.36. The van der Waals surface area contributed by atoms with Gasteiger partial charge in [-0.1, -0.05) is 5.11 Å². The number of nitrogens with zero attached hydrogens (tertiary/aromatic N) is 4. The standard InChI is InChI=1S/C12H9FN4O/c13-11-7-10(16-17-14)1-2-12(11)18-8-9-3-5-15-6-4-9/h1-7H,8H2. The molecule has 2 rings (SSSR count).